The Kier molecular flexibility index (Phi) is 4.87. The highest BCUT2D eigenvalue weighted by atomic mass is 79.9. The van der Waals surface area contributed by atoms with E-state index in [9.17, 15) is 9.90 Å². The summed E-state index contributed by atoms with van der Waals surface area (Å²) in [5, 5.41) is 10.4. The average molecular weight is 283 g/mol. The van der Waals surface area contributed by atoms with Crippen molar-refractivity contribution in [2.45, 2.75) is 6.42 Å². The number of methoxy groups -OCH3 is 1. The number of phenolic OH excluding ortho intramolecular Hbond substituents is 1. The molecule has 0 saturated heterocycles. The molecule has 0 saturated carbocycles. The lowest BCUT2D eigenvalue weighted by Gasteiger charge is -2.01. The second-order valence-corrected chi connectivity index (χ2v) is 3.76. The van der Waals surface area contributed by atoms with Gasteiger partial charge < -0.3 is 9.84 Å². The Labute approximate surface area is 103 Å². The largest absolute Gasteiger partial charge is 0.507 e. The minimum Gasteiger partial charge on any atom is -0.507 e. The second kappa shape index (κ2) is 6.19. The molecular formula is C12H11BrO3. The number of aromatic hydroxyl groups is 1. The van der Waals surface area contributed by atoms with Gasteiger partial charge in [0.2, 0.25) is 0 Å². The van der Waals surface area contributed by atoms with E-state index in [1.807, 2.05) is 0 Å². The van der Waals surface area contributed by atoms with Crippen LogP contribution in [-0.2, 0) is 4.74 Å². The van der Waals surface area contributed by atoms with Crippen LogP contribution in [0.4, 0.5) is 0 Å². The number of rotatable bonds is 2. The SMILES string of the molecule is COC(=O)c1ccc(C#CCCBr)c(O)c1. The summed E-state index contributed by atoms with van der Waals surface area (Å²) in [6.07, 6.45) is 0.707. The maximum Gasteiger partial charge on any atom is 0.337 e. The van der Waals surface area contributed by atoms with E-state index < -0.39 is 5.97 Å². The number of carbonyl (C=O) groups excluding carboxylic acids is 1. The van der Waals surface area contributed by atoms with E-state index in [1.165, 1.54) is 13.2 Å². The van der Waals surface area contributed by atoms with Crippen LogP contribution in [0.2, 0.25) is 0 Å². The summed E-state index contributed by atoms with van der Waals surface area (Å²) in [5.41, 5.74) is 0.819. The van der Waals surface area contributed by atoms with E-state index in [4.69, 9.17) is 0 Å². The molecule has 1 N–H and O–H groups in total. The lowest BCUT2D eigenvalue weighted by Crippen LogP contribution is -2.00. The van der Waals surface area contributed by atoms with Crippen LogP contribution >= 0.6 is 15.9 Å². The van der Waals surface area contributed by atoms with Gasteiger partial charge in [0.1, 0.15) is 5.75 Å². The highest BCUT2D eigenvalue weighted by Crippen LogP contribution is 2.18. The van der Waals surface area contributed by atoms with E-state index in [1.54, 1.807) is 12.1 Å². The molecule has 1 aromatic carbocycles. The number of halogens is 1. The maximum atomic E-state index is 11.2. The lowest BCUT2D eigenvalue weighted by atomic mass is 10.1. The van der Waals surface area contributed by atoms with Gasteiger partial charge in [-0.15, -0.1) is 0 Å². The number of alkyl halides is 1. The Hall–Kier alpha value is -1.47. The molecule has 0 fully saturated rings. The van der Waals surface area contributed by atoms with Gasteiger partial charge in [0.25, 0.3) is 0 Å². The number of esters is 1. The fourth-order valence-corrected chi connectivity index (χ4v) is 1.29. The average Bonchev–Trinajstić information content (AvgIpc) is 2.30. The molecule has 4 heteroatoms. The summed E-state index contributed by atoms with van der Waals surface area (Å²) in [4.78, 5) is 11.2. The molecule has 0 heterocycles. The van der Waals surface area contributed by atoms with Crippen LogP contribution < -0.4 is 0 Å². The zero-order chi connectivity index (χ0) is 12.0. The number of ether oxygens (including phenoxy) is 1. The van der Waals surface area contributed by atoms with Gasteiger partial charge in [-0.2, -0.15) is 0 Å². The number of benzene rings is 1. The van der Waals surface area contributed by atoms with Crippen molar-refractivity contribution in [3.8, 4) is 17.6 Å². The molecule has 1 aromatic rings. The Balaban J connectivity index is 2.93. The fraction of sp³-hybridized carbons (Fsp3) is 0.250. The van der Waals surface area contributed by atoms with Crippen molar-refractivity contribution in [1.82, 2.24) is 0 Å². The third-order valence-corrected chi connectivity index (χ3v) is 2.26. The molecule has 0 bridgehead atoms. The first kappa shape index (κ1) is 12.6. The lowest BCUT2D eigenvalue weighted by molar-refractivity contribution is 0.0600. The Morgan fingerprint density at radius 3 is 2.88 bits per heavy atom. The molecule has 0 aliphatic heterocycles. The van der Waals surface area contributed by atoms with Gasteiger partial charge in [0, 0.05) is 11.8 Å². The number of carbonyl (C=O) groups is 1. The smallest absolute Gasteiger partial charge is 0.337 e. The van der Waals surface area contributed by atoms with Crippen molar-refractivity contribution in [3.63, 3.8) is 0 Å². The Morgan fingerprint density at radius 1 is 1.56 bits per heavy atom. The van der Waals surface area contributed by atoms with E-state index in [0.29, 0.717) is 17.5 Å². The highest BCUT2D eigenvalue weighted by molar-refractivity contribution is 9.09. The van der Waals surface area contributed by atoms with Crippen LogP contribution in [0.5, 0.6) is 5.75 Å². The Bertz CT molecular complexity index is 443. The first-order valence-electron chi connectivity index (χ1n) is 4.65. The van der Waals surface area contributed by atoms with Crippen molar-refractivity contribution in [2.24, 2.45) is 0 Å². The molecule has 0 aromatic heterocycles. The molecule has 84 valence electrons. The van der Waals surface area contributed by atoms with Crippen LogP contribution in [0, 0.1) is 11.8 Å². The molecule has 1 rings (SSSR count). The van der Waals surface area contributed by atoms with Gasteiger partial charge in [-0.3, -0.25) is 0 Å². The molecule has 0 aliphatic carbocycles. The number of phenols is 1. The minimum atomic E-state index is -0.477. The normalized spacial score (nSPS) is 9.12. The summed E-state index contributed by atoms with van der Waals surface area (Å²) in [6, 6.07) is 4.52. The molecule has 0 aliphatic rings. The van der Waals surface area contributed by atoms with Crippen molar-refractivity contribution in [2.75, 3.05) is 12.4 Å². The second-order valence-electron chi connectivity index (χ2n) is 2.96. The van der Waals surface area contributed by atoms with Gasteiger partial charge in [-0.25, -0.2) is 4.79 Å². The predicted octanol–water partition coefficient (Wildman–Crippen LogP) is 2.32. The summed E-state index contributed by atoms with van der Waals surface area (Å²) in [5.74, 6) is 5.21. The zero-order valence-electron chi connectivity index (χ0n) is 8.79. The quantitative estimate of drug-likeness (QED) is 0.514. The summed E-state index contributed by atoms with van der Waals surface area (Å²) in [6.45, 7) is 0. The van der Waals surface area contributed by atoms with Crippen molar-refractivity contribution < 1.29 is 14.6 Å². The van der Waals surface area contributed by atoms with Crippen LogP contribution in [0.25, 0.3) is 0 Å². The van der Waals surface area contributed by atoms with Gasteiger partial charge >= 0.3 is 5.97 Å². The molecule has 0 spiro atoms. The summed E-state index contributed by atoms with van der Waals surface area (Å²) >= 11 is 3.26. The van der Waals surface area contributed by atoms with Gasteiger partial charge in [-0.1, -0.05) is 27.8 Å². The third kappa shape index (κ3) is 3.28. The van der Waals surface area contributed by atoms with E-state index >= 15 is 0 Å². The minimum absolute atomic E-state index is 0.00928. The molecule has 16 heavy (non-hydrogen) atoms. The molecule has 0 atom stereocenters. The van der Waals surface area contributed by atoms with Crippen molar-refractivity contribution in [1.29, 1.82) is 0 Å². The fourth-order valence-electron chi connectivity index (χ4n) is 1.09. The van der Waals surface area contributed by atoms with Crippen LogP contribution in [0.3, 0.4) is 0 Å². The predicted molar refractivity (Wildman–Crippen MR) is 64.7 cm³/mol. The van der Waals surface area contributed by atoms with Gasteiger partial charge in [0.15, 0.2) is 0 Å². The highest BCUT2D eigenvalue weighted by Gasteiger charge is 2.07. The maximum absolute atomic E-state index is 11.2. The summed E-state index contributed by atoms with van der Waals surface area (Å²) in [7, 11) is 1.29. The summed E-state index contributed by atoms with van der Waals surface area (Å²) < 4.78 is 4.54. The van der Waals surface area contributed by atoms with Gasteiger partial charge in [-0.05, 0) is 18.2 Å². The third-order valence-electron chi connectivity index (χ3n) is 1.86. The first-order chi connectivity index (χ1) is 7.69. The molecule has 3 nitrogen and oxygen atoms in total. The standard InChI is InChI=1S/C12H11BrO3/c1-16-12(15)10-6-5-9(11(14)8-10)4-2-3-7-13/h5-6,8,14H,3,7H2,1H3. The number of hydrogen-bond acceptors (Lipinski definition) is 3. The van der Waals surface area contributed by atoms with Gasteiger partial charge in [0.05, 0.1) is 18.2 Å². The van der Waals surface area contributed by atoms with E-state index in [-0.39, 0.29) is 5.75 Å². The van der Waals surface area contributed by atoms with Crippen molar-refractivity contribution in [3.05, 3.63) is 29.3 Å². The Morgan fingerprint density at radius 2 is 2.31 bits per heavy atom. The van der Waals surface area contributed by atoms with Crippen LogP contribution in [-0.4, -0.2) is 23.5 Å². The monoisotopic (exact) mass is 282 g/mol. The first-order valence-corrected chi connectivity index (χ1v) is 5.77. The zero-order valence-corrected chi connectivity index (χ0v) is 10.4. The number of hydrogen-bond donors (Lipinski definition) is 1. The molecule has 0 unspecified atom stereocenters. The molecule has 0 amide bonds. The van der Waals surface area contributed by atoms with Crippen LogP contribution in [0.1, 0.15) is 22.3 Å². The molecule has 0 radical (unpaired) electrons. The van der Waals surface area contributed by atoms with Crippen molar-refractivity contribution >= 4 is 21.9 Å². The molecular weight excluding hydrogens is 272 g/mol. The van der Waals surface area contributed by atoms with E-state index in [0.717, 1.165) is 5.33 Å². The van der Waals surface area contributed by atoms with Crippen LogP contribution in [0.15, 0.2) is 18.2 Å². The topological polar surface area (TPSA) is 46.5 Å². The van der Waals surface area contributed by atoms with E-state index in [2.05, 4.69) is 32.5 Å².